The molecule has 1 saturated carbocycles. The SMILES string of the molecule is N#CCCC(=O)N1CCN(c2ncnc3[nH]ccc23)CC12CC2.O=C(CCc1ccccc1)N1C2CCC1CN(c1ncnc3[nH]ccc13)C2. The Morgan fingerprint density at radius 1 is 0.800 bits per heavy atom. The molecule has 2 atom stereocenters. The number of carbonyl (C=O) groups is 2. The molecule has 2 amide bonds. The minimum Gasteiger partial charge on any atom is -0.352 e. The van der Waals surface area contributed by atoms with Crippen LogP contribution >= 0.6 is 0 Å². The van der Waals surface area contributed by atoms with Crippen LogP contribution in [0.25, 0.3) is 22.1 Å². The summed E-state index contributed by atoms with van der Waals surface area (Å²) in [6.45, 7) is 3.97. The van der Waals surface area contributed by atoms with Gasteiger partial charge in [0.25, 0.3) is 0 Å². The largest absolute Gasteiger partial charge is 0.352 e. The number of rotatable bonds is 7. The molecule has 2 N–H and O–H groups in total. The summed E-state index contributed by atoms with van der Waals surface area (Å²) in [6.07, 6.45) is 13.2. The summed E-state index contributed by atoms with van der Waals surface area (Å²) in [6, 6.07) is 16.9. The Balaban J connectivity index is 0.000000146. The second kappa shape index (κ2) is 13.4. The maximum absolute atomic E-state index is 12.9. The molecule has 13 nitrogen and oxygen atoms in total. The molecular formula is C37H41N11O2. The maximum Gasteiger partial charge on any atom is 0.224 e. The number of piperazine rings is 2. The minimum absolute atomic E-state index is 0.0572. The number of H-pyrrole nitrogens is 2. The molecule has 13 heteroatoms. The summed E-state index contributed by atoms with van der Waals surface area (Å²) in [5, 5.41) is 10.8. The summed E-state index contributed by atoms with van der Waals surface area (Å²) in [5.41, 5.74) is 2.88. The summed E-state index contributed by atoms with van der Waals surface area (Å²) in [4.78, 5) is 57.8. The zero-order valence-corrected chi connectivity index (χ0v) is 28.0. The summed E-state index contributed by atoms with van der Waals surface area (Å²) in [7, 11) is 0. The number of benzene rings is 1. The van der Waals surface area contributed by atoms with Crippen molar-refractivity contribution < 1.29 is 9.59 Å². The lowest BCUT2D eigenvalue weighted by Gasteiger charge is -2.42. The van der Waals surface area contributed by atoms with Gasteiger partial charge in [-0.1, -0.05) is 30.3 Å². The Morgan fingerprint density at radius 2 is 1.44 bits per heavy atom. The van der Waals surface area contributed by atoms with E-state index < -0.39 is 0 Å². The van der Waals surface area contributed by atoms with E-state index in [0.29, 0.717) is 31.7 Å². The van der Waals surface area contributed by atoms with Gasteiger partial charge in [0.1, 0.15) is 35.6 Å². The number of fused-ring (bicyclic) bond motifs is 4. The lowest BCUT2D eigenvalue weighted by Crippen LogP contribution is -2.57. The Hall–Kier alpha value is -5.51. The van der Waals surface area contributed by atoms with Crippen LogP contribution in [0.3, 0.4) is 0 Å². The van der Waals surface area contributed by atoms with Gasteiger partial charge in [0.15, 0.2) is 0 Å². The van der Waals surface area contributed by atoms with Gasteiger partial charge in [-0.3, -0.25) is 9.59 Å². The van der Waals surface area contributed by atoms with Crippen LogP contribution in [0.1, 0.15) is 50.5 Å². The second-order valence-corrected chi connectivity index (χ2v) is 13.8. The molecule has 3 aliphatic heterocycles. The predicted octanol–water partition coefficient (Wildman–Crippen LogP) is 4.21. The highest BCUT2D eigenvalue weighted by Crippen LogP contribution is 2.45. The Bertz CT molecular complexity index is 2020. The van der Waals surface area contributed by atoms with E-state index in [-0.39, 0.29) is 23.5 Å². The minimum atomic E-state index is -0.0572. The molecule has 0 radical (unpaired) electrons. The molecule has 2 unspecified atom stereocenters. The molecule has 4 aromatic heterocycles. The van der Waals surface area contributed by atoms with E-state index in [2.05, 4.69) is 62.8 Å². The third kappa shape index (κ3) is 6.10. The number of amides is 2. The molecule has 7 heterocycles. The summed E-state index contributed by atoms with van der Waals surface area (Å²) < 4.78 is 0. The van der Waals surface area contributed by atoms with Crippen LogP contribution in [0.5, 0.6) is 0 Å². The fraction of sp³-hybridized carbons (Fsp3) is 0.432. The number of anilines is 2. The van der Waals surface area contributed by atoms with Crippen LogP contribution in [-0.2, 0) is 16.0 Å². The van der Waals surface area contributed by atoms with Crippen LogP contribution in [0.2, 0.25) is 0 Å². The smallest absolute Gasteiger partial charge is 0.224 e. The quantitative estimate of drug-likeness (QED) is 0.259. The molecule has 3 saturated heterocycles. The maximum atomic E-state index is 12.9. The molecule has 1 aliphatic carbocycles. The van der Waals surface area contributed by atoms with Crippen molar-refractivity contribution in [3.63, 3.8) is 0 Å². The molecule has 4 aliphatic rings. The zero-order valence-electron chi connectivity index (χ0n) is 28.0. The Labute approximate surface area is 290 Å². The molecule has 4 fully saturated rings. The lowest BCUT2D eigenvalue weighted by molar-refractivity contribution is -0.135. The molecule has 2 bridgehead atoms. The monoisotopic (exact) mass is 671 g/mol. The van der Waals surface area contributed by atoms with Crippen LogP contribution < -0.4 is 9.80 Å². The molecule has 5 aromatic rings. The first-order chi connectivity index (χ1) is 24.5. The van der Waals surface area contributed by atoms with Crippen molar-refractivity contribution in [2.75, 3.05) is 42.5 Å². The molecular weight excluding hydrogens is 630 g/mol. The molecule has 256 valence electrons. The molecule has 50 heavy (non-hydrogen) atoms. The van der Waals surface area contributed by atoms with Gasteiger partial charge in [0.2, 0.25) is 11.8 Å². The topological polar surface area (TPSA) is 154 Å². The van der Waals surface area contributed by atoms with Crippen molar-refractivity contribution in [3.8, 4) is 6.07 Å². The van der Waals surface area contributed by atoms with Crippen LogP contribution in [0.4, 0.5) is 11.6 Å². The highest BCUT2D eigenvalue weighted by molar-refractivity contribution is 5.88. The molecule has 9 rings (SSSR count). The van der Waals surface area contributed by atoms with Gasteiger partial charge in [0.05, 0.1) is 22.4 Å². The molecule has 1 aromatic carbocycles. The fourth-order valence-electron chi connectivity index (χ4n) is 8.15. The number of aromatic nitrogens is 6. The third-order valence-corrected chi connectivity index (χ3v) is 10.7. The lowest BCUT2D eigenvalue weighted by atomic mass is 10.1. The second-order valence-electron chi connectivity index (χ2n) is 13.8. The number of nitriles is 1. The van der Waals surface area contributed by atoms with Crippen molar-refractivity contribution in [2.45, 2.75) is 69.0 Å². The van der Waals surface area contributed by atoms with Gasteiger partial charge in [-0.05, 0) is 49.8 Å². The molecule has 1 spiro atoms. The van der Waals surface area contributed by atoms with E-state index in [1.165, 1.54) is 5.56 Å². The number of aromatic amines is 2. The zero-order chi connectivity index (χ0) is 34.1. The van der Waals surface area contributed by atoms with Crippen LogP contribution in [-0.4, -0.2) is 102 Å². The highest BCUT2D eigenvalue weighted by atomic mass is 16.2. The normalized spacial score (nSPS) is 20.5. The number of hydrogen-bond donors (Lipinski definition) is 2. The number of nitrogens with zero attached hydrogens (tertiary/aromatic N) is 9. The van der Waals surface area contributed by atoms with E-state index in [9.17, 15) is 9.59 Å². The average molecular weight is 672 g/mol. The number of carbonyl (C=O) groups excluding carboxylic acids is 2. The van der Waals surface area contributed by atoms with Gasteiger partial charge in [-0.15, -0.1) is 0 Å². The Kier molecular flexibility index (Phi) is 8.52. The summed E-state index contributed by atoms with van der Waals surface area (Å²) in [5.74, 6) is 2.32. The first-order valence-corrected chi connectivity index (χ1v) is 17.6. The predicted molar refractivity (Wildman–Crippen MR) is 189 cm³/mol. The van der Waals surface area contributed by atoms with Crippen molar-refractivity contribution in [3.05, 3.63) is 73.1 Å². The van der Waals surface area contributed by atoms with Gasteiger partial charge >= 0.3 is 0 Å². The van der Waals surface area contributed by atoms with E-state index in [0.717, 1.165) is 92.0 Å². The third-order valence-electron chi connectivity index (χ3n) is 10.7. The van der Waals surface area contributed by atoms with E-state index in [4.69, 9.17) is 5.26 Å². The van der Waals surface area contributed by atoms with Gasteiger partial charge in [-0.2, -0.15) is 5.26 Å². The van der Waals surface area contributed by atoms with Crippen molar-refractivity contribution in [1.82, 2.24) is 39.7 Å². The first kappa shape index (κ1) is 31.7. The van der Waals surface area contributed by atoms with Gasteiger partial charge in [0, 0.05) is 76.5 Å². The first-order valence-electron chi connectivity index (χ1n) is 17.6. The Morgan fingerprint density at radius 3 is 2.06 bits per heavy atom. The van der Waals surface area contributed by atoms with Crippen molar-refractivity contribution in [1.29, 1.82) is 5.26 Å². The van der Waals surface area contributed by atoms with E-state index in [1.54, 1.807) is 12.7 Å². The summed E-state index contributed by atoms with van der Waals surface area (Å²) >= 11 is 0. The van der Waals surface area contributed by atoms with Crippen molar-refractivity contribution in [2.24, 2.45) is 0 Å². The van der Waals surface area contributed by atoms with E-state index in [1.807, 2.05) is 47.6 Å². The van der Waals surface area contributed by atoms with E-state index >= 15 is 0 Å². The number of nitrogens with one attached hydrogen (secondary N) is 2. The average Bonchev–Trinajstić information content (AvgIpc) is 3.46. The van der Waals surface area contributed by atoms with Crippen LogP contribution in [0.15, 0.2) is 67.5 Å². The highest BCUT2D eigenvalue weighted by Gasteiger charge is 2.53. The van der Waals surface area contributed by atoms with Crippen molar-refractivity contribution >= 4 is 45.5 Å². The van der Waals surface area contributed by atoms with Crippen LogP contribution in [0, 0.1) is 11.3 Å². The van der Waals surface area contributed by atoms with Gasteiger partial charge < -0.3 is 29.6 Å². The number of aryl methyl sites for hydroxylation is 1. The van der Waals surface area contributed by atoms with Gasteiger partial charge in [-0.25, -0.2) is 19.9 Å². The fourth-order valence-corrected chi connectivity index (χ4v) is 8.15. The number of hydrogen-bond acceptors (Lipinski definition) is 9. The standard InChI is InChI=1S/C21H23N5O.C16H18N6O/c27-19(9-6-15-4-2-1-3-5-15)26-16-7-8-17(26)13-25(12-16)21-18-10-11-22-20(18)23-14-24-21;17-6-1-2-13(23)22-9-8-21(10-16(22)4-5-16)15-12-3-7-18-14(12)19-11-20-15/h1-5,10-11,14,16-17H,6-9,12-13H2,(H,22,23,24);3,7,11H,1-2,4-5,8-10H2,(H,18,19,20).